The zero-order chi connectivity index (χ0) is 16.4. The molecule has 0 aromatic heterocycles. The van der Waals surface area contributed by atoms with E-state index in [1.165, 1.54) is 24.8 Å². The van der Waals surface area contributed by atoms with Gasteiger partial charge in [-0.15, -0.1) is 0 Å². The standard InChI is InChI=1S/C19H36O3/c1-6-17(5)21-13-12-20-10-7-11-22-19-14-16(4)8-9-18(19)15(2)3/h16-19H,2,6-14H2,1,3-5H3. The molecule has 0 aliphatic heterocycles. The summed E-state index contributed by atoms with van der Waals surface area (Å²) in [6.45, 7) is 15.7. The maximum absolute atomic E-state index is 6.12. The minimum atomic E-state index is 0.333. The molecular weight excluding hydrogens is 276 g/mol. The van der Waals surface area contributed by atoms with Gasteiger partial charge >= 0.3 is 0 Å². The third-order valence-electron chi connectivity index (χ3n) is 4.66. The van der Waals surface area contributed by atoms with Crippen LogP contribution in [-0.4, -0.2) is 38.6 Å². The van der Waals surface area contributed by atoms with Crippen LogP contribution in [0.3, 0.4) is 0 Å². The lowest BCUT2D eigenvalue weighted by molar-refractivity contribution is -0.0275. The number of ether oxygens (including phenoxy) is 3. The monoisotopic (exact) mass is 312 g/mol. The topological polar surface area (TPSA) is 27.7 Å². The van der Waals surface area contributed by atoms with E-state index in [2.05, 4.69) is 34.3 Å². The second-order valence-corrected chi connectivity index (χ2v) is 6.84. The molecule has 3 heteroatoms. The van der Waals surface area contributed by atoms with Gasteiger partial charge in [-0.2, -0.15) is 0 Å². The zero-order valence-corrected chi connectivity index (χ0v) is 15.1. The summed E-state index contributed by atoms with van der Waals surface area (Å²) < 4.78 is 17.3. The van der Waals surface area contributed by atoms with E-state index in [9.17, 15) is 0 Å². The van der Waals surface area contributed by atoms with E-state index in [0.29, 0.717) is 31.3 Å². The van der Waals surface area contributed by atoms with E-state index < -0.39 is 0 Å². The van der Waals surface area contributed by atoms with Gasteiger partial charge in [-0.05, 0) is 51.9 Å². The van der Waals surface area contributed by atoms with Crippen LogP contribution in [0.4, 0.5) is 0 Å². The maximum atomic E-state index is 6.12. The Morgan fingerprint density at radius 1 is 1.18 bits per heavy atom. The summed E-state index contributed by atoms with van der Waals surface area (Å²) in [6, 6.07) is 0. The van der Waals surface area contributed by atoms with Gasteiger partial charge < -0.3 is 14.2 Å². The fourth-order valence-electron chi connectivity index (χ4n) is 3.00. The van der Waals surface area contributed by atoms with E-state index in [1.807, 2.05) is 0 Å². The molecule has 130 valence electrons. The van der Waals surface area contributed by atoms with Crippen molar-refractivity contribution in [3.8, 4) is 0 Å². The molecule has 0 heterocycles. The Morgan fingerprint density at radius 2 is 1.95 bits per heavy atom. The van der Waals surface area contributed by atoms with E-state index in [-0.39, 0.29) is 0 Å². The first kappa shape index (κ1) is 19.7. The highest BCUT2D eigenvalue weighted by Gasteiger charge is 2.29. The van der Waals surface area contributed by atoms with Gasteiger partial charge in [-0.3, -0.25) is 0 Å². The Hall–Kier alpha value is -0.380. The molecule has 1 rings (SSSR count). The highest BCUT2D eigenvalue weighted by Crippen LogP contribution is 2.34. The van der Waals surface area contributed by atoms with Crippen LogP contribution in [0.2, 0.25) is 0 Å². The van der Waals surface area contributed by atoms with Crippen molar-refractivity contribution in [3.05, 3.63) is 12.2 Å². The second kappa shape index (κ2) is 11.2. The average molecular weight is 312 g/mol. The van der Waals surface area contributed by atoms with Crippen LogP contribution in [0.15, 0.2) is 12.2 Å². The molecule has 1 saturated carbocycles. The Kier molecular flexibility index (Phi) is 10.0. The van der Waals surface area contributed by atoms with E-state index in [1.54, 1.807) is 0 Å². The molecular formula is C19H36O3. The largest absolute Gasteiger partial charge is 0.379 e. The van der Waals surface area contributed by atoms with Crippen LogP contribution in [-0.2, 0) is 14.2 Å². The van der Waals surface area contributed by atoms with Crippen LogP contribution in [0, 0.1) is 11.8 Å². The van der Waals surface area contributed by atoms with Crippen LogP contribution >= 0.6 is 0 Å². The molecule has 0 spiro atoms. The summed E-state index contributed by atoms with van der Waals surface area (Å²) in [6.07, 6.45) is 6.39. The molecule has 0 saturated heterocycles. The van der Waals surface area contributed by atoms with Gasteiger partial charge in [0, 0.05) is 19.1 Å². The highest BCUT2D eigenvalue weighted by atomic mass is 16.5. The molecule has 0 aromatic rings. The van der Waals surface area contributed by atoms with Crippen molar-refractivity contribution >= 4 is 0 Å². The van der Waals surface area contributed by atoms with Gasteiger partial charge in [0.25, 0.3) is 0 Å². The summed E-state index contributed by atoms with van der Waals surface area (Å²) in [5.74, 6) is 1.32. The molecule has 0 amide bonds. The van der Waals surface area contributed by atoms with Crippen molar-refractivity contribution in [1.82, 2.24) is 0 Å². The summed E-state index contributed by atoms with van der Waals surface area (Å²) in [5, 5.41) is 0. The highest BCUT2D eigenvalue weighted by molar-refractivity contribution is 5.02. The van der Waals surface area contributed by atoms with E-state index in [0.717, 1.165) is 32.0 Å². The zero-order valence-electron chi connectivity index (χ0n) is 15.1. The van der Waals surface area contributed by atoms with Crippen LogP contribution in [0.1, 0.15) is 59.8 Å². The summed E-state index contributed by atoms with van der Waals surface area (Å²) in [7, 11) is 0. The van der Waals surface area contributed by atoms with Gasteiger partial charge in [0.15, 0.2) is 0 Å². The molecule has 0 aromatic carbocycles. The normalized spacial score (nSPS) is 26.8. The third kappa shape index (κ3) is 7.75. The lowest BCUT2D eigenvalue weighted by Crippen LogP contribution is -2.32. The second-order valence-electron chi connectivity index (χ2n) is 6.84. The molecule has 0 radical (unpaired) electrons. The predicted molar refractivity (Wildman–Crippen MR) is 92.2 cm³/mol. The molecule has 1 aliphatic rings. The molecule has 22 heavy (non-hydrogen) atoms. The SMILES string of the molecule is C=C(C)C1CCC(C)CC1OCCCOCCOC(C)CC. The van der Waals surface area contributed by atoms with E-state index in [4.69, 9.17) is 14.2 Å². The lowest BCUT2D eigenvalue weighted by Gasteiger charge is -2.35. The molecule has 3 nitrogen and oxygen atoms in total. The van der Waals surface area contributed by atoms with Crippen molar-refractivity contribution < 1.29 is 14.2 Å². The quantitative estimate of drug-likeness (QED) is 0.412. The Morgan fingerprint density at radius 3 is 2.64 bits per heavy atom. The molecule has 1 aliphatic carbocycles. The van der Waals surface area contributed by atoms with Crippen molar-refractivity contribution in [2.75, 3.05) is 26.4 Å². The smallest absolute Gasteiger partial charge is 0.0704 e. The van der Waals surface area contributed by atoms with E-state index >= 15 is 0 Å². The Balaban J connectivity index is 2.06. The van der Waals surface area contributed by atoms with Crippen LogP contribution in [0.25, 0.3) is 0 Å². The minimum absolute atomic E-state index is 0.333. The number of rotatable bonds is 11. The van der Waals surface area contributed by atoms with Crippen LogP contribution in [0.5, 0.6) is 0 Å². The predicted octanol–water partition coefficient (Wildman–Crippen LogP) is 4.61. The minimum Gasteiger partial charge on any atom is -0.379 e. The first-order valence-electron chi connectivity index (χ1n) is 9.00. The fraction of sp³-hybridized carbons (Fsp3) is 0.895. The van der Waals surface area contributed by atoms with Crippen LogP contribution < -0.4 is 0 Å². The Labute approximate surface area is 137 Å². The van der Waals surface area contributed by atoms with Gasteiger partial charge in [0.1, 0.15) is 0 Å². The number of hydrogen-bond donors (Lipinski definition) is 0. The third-order valence-corrected chi connectivity index (χ3v) is 4.66. The summed E-state index contributed by atoms with van der Waals surface area (Å²) in [5.41, 5.74) is 1.27. The molecule has 1 fully saturated rings. The lowest BCUT2D eigenvalue weighted by atomic mass is 9.78. The molecule has 0 N–H and O–H groups in total. The average Bonchev–Trinajstić information content (AvgIpc) is 2.49. The van der Waals surface area contributed by atoms with Crippen molar-refractivity contribution in [3.63, 3.8) is 0 Å². The van der Waals surface area contributed by atoms with Gasteiger partial charge in [0.2, 0.25) is 0 Å². The molecule has 4 unspecified atom stereocenters. The number of hydrogen-bond acceptors (Lipinski definition) is 3. The summed E-state index contributed by atoms with van der Waals surface area (Å²) in [4.78, 5) is 0. The summed E-state index contributed by atoms with van der Waals surface area (Å²) >= 11 is 0. The first-order valence-corrected chi connectivity index (χ1v) is 9.00. The van der Waals surface area contributed by atoms with Crippen molar-refractivity contribution in [2.45, 2.75) is 72.0 Å². The maximum Gasteiger partial charge on any atom is 0.0704 e. The fourth-order valence-corrected chi connectivity index (χ4v) is 3.00. The van der Waals surface area contributed by atoms with Crippen molar-refractivity contribution in [2.24, 2.45) is 11.8 Å². The first-order chi connectivity index (χ1) is 10.5. The van der Waals surface area contributed by atoms with Gasteiger partial charge in [-0.1, -0.05) is 26.0 Å². The van der Waals surface area contributed by atoms with Gasteiger partial charge in [-0.25, -0.2) is 0 Å². The molecule has 0 bridgehead atoms. The molecule has 4 atom stereocenters. The van der Waals surface area contributed by atoms with Crippen molar-refractivity contribution in [1.29, 1.82) is 0 Å². The van der Waals surface area contributed by atoms with Gasteiger partial charge in [0.05, 0.1) is 25.4 Å². The Bertz CT molecular complexity index is 303.